The average Bonchev–Trinajstić information content (AvgIpc) is 2.74. The van der Waals surface area contributed by atoms with E-state index < -0.39 is 0 Å². The first-order valence-corrected chi connectivity index (χ1v) is 5.27. The molecule has 0 aromatic carbocycles. The van der Waals surface area contributed by atoms with E-state index in [-0.39, 0.29) is 0 Å². The fourth-order valence-corrected chi connectivity index (χ4v) is 1.87. The minimum Gasteiger partial charge on any atom is -0.263 e. The summed E-state index contributed by atoms with van der Waals surface area (Å²) in [5.74, 6) is 1.37. The van der Waals surface area contributed by atoms with E-state index in [2.05, 4.69) is 25.1 Å². The molecule has 0 N–H and O–H groups in total. The Morgan fingerprint density at radius 2 is 1.94 bits per heavy atom. The lowest BCUT2D eigenvalue weighted by Crippen LogP contribution is -1.98. The first-order valence-electron chi connectivity index (χ1n) is 4.89. The molecule has 3 aromatic rings. The highest BCUT2D eigenvalue weighted by molar-refractivity contribution is 6.29. The highest BCUT2D eigenvalue weighted by Gasteiger charge is 2.11. The van der Waals surface area contributed by atoms with E-state index in [1.54, 1.807) is 18.5 Å². The van der Waals surface area contributed by atoms with Crippen LogP contribution < -0.4 is 0 Å². The molecule has 0 atom stereocenters. The highest BCUT2D eigenvalue weighted by atomic mass is 35.5. The lowest BCUT2D eigenvalue weighted by Gasteiger charge is -2.02. The van der Waals surface area contributed by atoms with E-state index in [0.717, 1.165) is 11.4 Å². The van der Waals surface area contributed by atoms with Crippen molar-refractivity contribution in [1.29, 1.82) is 0 Å². The van der Waals surface area contributed by atoms with Crippen LogP contribution in [0.5, 0.6) is 0 Å². The molecular formula is C10H7ClN6. The summed E-state index contributed by atoms with van der Waals surface area (Å²) in [7, 11) is 0. The van der Waals surface area contributed by atoms with Crippen LogP contribution in [-0.4, -0.2) is 29.5 Å². The topological polar surface area (TPSA) is 68.9 Å². The Morgan fingerprint density at radius 3 is 2.71 bits per heavy atom. The summed E-state index contributed by atoms with van der Waals surface area (Å²) in [6.07, 6.45) is 4.82. The molecule has 0 amide bonds. The van der Waals surface area contributed by atoms with Gasteiger partial charge in [0.05, 0.1) is 5.56 Å². The van der Waals surface area contributed by atoms with Crippen molar-refractivity contribution in [3.05, 3.63) is 35.8 Å². The van der Waals surface area contributed by atoms with Crippen molar-refractivity contribution < 1.29 is 0 Å². The number of rotatable bonds is 1. The molecule has 0 unspecified atom stereocenters. The second kappa shape index (κ2) is 3.74. The number of hydrogen-bond donors (Lipinski definition) is 0. The number of halogens is 1. The van der Waals surface area contributed by atoms with Crippen LogP contribution in [0.1, 0.15) is 5.82 Å². The quantitative estimate of drug-likeness (QED) is 0.609. The van der Waals surface area contributed by atoms with Crippen LogP contribution in [0.2, 0.25) is 5.15 Å². The zero-order valence-corrected chi connectivity index (χ0v) is 9.63. The second-order valence-electron chi connectivity index (χ2n) is 3.47. The summed E-state index contributed by atoms with van der Waals surface area (Å²) < 4.78 is 1.81. The van der Waals surface area contributed by atoms with Crippen LogP contribution >= 0.6 is 11.6 Å². The van der Waals surface area contributed by atoms with Crippen LogP contribution in [0.25, 0.3) is 17.0 Å². The average molecular weight is 247 g/mol. The molecule has 0 fully saturated rings. The minimum absolute atomic E-state index is 0.401. The molecule has 0 radical (unpaired) electrons. The van der Waals surface area contributed by atoms with E-state index in [9.17, 15) is 0 Å². The molecule has 3 rings (SSSR count). The van der Waals surface area contributed by atoms with Gasteiger partial charge < -0.3 is 0 Å². The maximum Gasteiger partial charge on any atom is 0.172 e. The van der Waals surface area contributed by atoms with Gasteiger partial charge >= 0.3 is 0 Å². The fourth-order valence-electron chi connectivity index (χ4n) is 1.65. The van der Waals surface area contributed by atoms with Gasteiger partial charge in [-0.3, -0.25) is 4.40 Å². The zero-order chi connectivity index (χ0) is 11.8. The summed E-state index contributed by atoms with van der Waals surface area (Å²) in [5, 5.41) is 8.55. The minimum atomic E-state index is 0.401. The molecule has 0 aliphatic rings. The summed E-state index contributed by atoms with van der Waals surface area (Å²) >= 11 is 5.86. The van der Waals surface area contributed by atoms with E-state index in [1.165, 1.54) is 6.33 Å². The molecule has 0 aliphatic heterocycles. The van der Waals surface area contributed by atoms with E-state index >= 15 is 0 Å². The van der Waals surface area contributed by atoms with Crippen LogP contribution in [0, 0.1) is 6.92 Å². The van der Waals surface area contributed by atoms with E-state index in [1.807, 2.05) is 11.3 Å². The SMILES string of the molecule is Cc1nc(Cl)cc2nnc(-c3cncnc3)n12. The third-order valence-electron chi connectivity index (χ3n) is 2.35. The summed E-state index contributed by atoms with van der Waals surface area (Å²) in [6, 6.07) is 1.66. The van der Waals surface area contributed by atoms with Gasteiger partial charge in [0.1, 0.15) is 17.3 Å². The van der Waals surface area contributed by atoms with Gasteiger partial charge in [-0.25, -0.2) is 15.0 Å². The van der Waals surface area contributed by atoms with Crippen molar-refractivity contribution in [1.82, 2.24) is 29.5 Å². The lowest BCUT2D eigenvalue weighted by molar-refractivity contribution is 0.984. The van der Waals surface area contributed by atoms with Crippen molar-refractivity contribution in [3.8, 4) is 11.4 Å². The third kappa shape index (κ3) is 1.62. The molecule has 0 saturated heterocycles. The maximum absolute atomic E-state index is 5.86. The van der Waals surface area contributed by atoms with Crippen LogP contribution in [0.3, 0.4) is 0 Å². The Bertz CT molecular complexity index is 678. The van der Waals surface area contributed by atoms with Gasteiger partial charge in [0.2, 0.25) is 0 Å². The molecule has 3 aromatic heterocycles. The first kappa shape index (κ1) is 10.1. The number of nitrogens with zero attached hydrogens (tertiary/aromatic N) is 6. The number of aryl methyl sites for hydroxylation is 1. The third-order valence-corrected chi connectivity index (χ3v) is 2.54. The summed E-state index contributed by atoms with van der Waals surface area (Å²) in [5.41, 5.74) is 1.44. The Labute approximate surface area is 101 Å². The number of fused-ring (bicyclic) bond motifs is 1. The molecule has 0 bridgehead atoms. The van der Waals surface area contributed by atoms with Gasteiger partial charge in [-0.15, -0.1) is 10.2 Å². The van der Waals surface area contributed by atoms with Crippen molar-refractivity contribution in [2.45, 2.75) is 6.92 Å². The van der Waals surface area contributed by atoms with Crippen molar-refractivity contribution in [2.24, 2.45) is 0 Å². The monoisotopic (exact) mass is 246 g/mol. The van der Waals surface area contributed by atoms with E-state index in [0.29, 0.717) is 16.6 Å². The van der Waals surface area contributed by atoms with Crippen molar-refractivity contribution in [2.75, 3.05) is 0 Å². The molecular weight excluding hydrogens is 240 g/mol. The maximum atomic E-state index is 5.86. The van der Waals surface area contributed by atoms with Gasteiger partial charge in [0.15, 0.2) is 11.5 Å². The molecule has 0 saturated carbocycles. The standard InChI is InChI=1S/C10H7ClN6/c1-6-14-8(11)2-9-15-16-10(17(6)9)7-3-12-5-13-4-7/h2-5H,1H3. The van der Waals surface area contributed by atoms with Gasteiger partial charge in [0, 0.05) is 18.5 Å². The number of aromatic nitrogens is 6. The van der Waals surface area contributed by atoms with Crippen molar-refractivity contribution >= 4 is 17.2 Å². The lowest BCUT2D eigenvalue weighted by atomic mass is 10.3. The summed E-state index contributed by atoms with van der Waals surface area (Å²) in [4.78, 5) is 12.1. The molecule has 17 heavy (non-hydrogen) atoms. The Balaban J connectivity index is 2.32. The molecule has 7 heteroatoms. The Morgan fingerprint density at radius 1 is 1.18 bits per heavy atom. The predicted molar refractivity (Wildman–Crippen MR) is 61.6 cm³/mol. The van der Waals surface area contributed by atoms with Gasteiger partial charge in [-0.05, 0) is 6.92 Å². The largest absolute Gasteiger partial charge is 0.263 e. The molecule has 84 valence electrons. The Hall–Kier alpha value is -2.08. The van der Waals surface area contributed by atoms with Crippen LogP contribution in [0.4, 0.5) is 0 Å². The van der Waals surface area contributed by atoms with Gasteiger partial charge in [-0.2, -0.15) is 0 Å². The highest BCUT2D eigenvalue weighted by Crippen LogP contribution is 2.19. The number of hydrogen-bond acceptors (Lipinski definition) is 5. The van der Waals surface area contributed by atoms with E-state index in [4.69, 9.17) is 11.6 Å². The molecule has 0 aliphatic carbocycles. The summed E-state index contributed by atoms with van der Waals surface area (Å²) in [6.45, 7) is 1.84. The molecule has 3 heterocycles. The Kier molecular flexibility index (Phi) is 2.22. The predicted octanol–water partition coefficient (Wildman–Crippen LogP) is 1.54. The normalized spacial score (nSPS) is 10.9. The van der Waals surface area contributed by atoms with Crippen LogP contribution in [0.15, 0.2) is 24.8 Å². The molecule has 0 spiro atoms. The zero-order valence-electron chi connectivity index (χ0n) is 8.87. The van der Waals surface area contributed by atoms with Gasteiger partial charge in [-0.1, -0.05) is 11.6 Å². The first-order chi connectivity index (χ1) is 8.25. The smallest absolute Gasteiger partial charge is 0.172 e. The molecule has 6 nitrogen and oxygen atoms in total. The van der Waals surface area contributed by atoms with Gasteiger partial charge in [0.25, 0.3) is 0 Å². The second-order valence-corrected chi connectivity index (χ2v) is 3.86. The van der Waals surface area contributed by atoms with Crippen LogP contribution in [-0.2, 0) is 0 Å². The van der Waals surface area contributed by atoms with Crippen molar-refractivity contribution in [3.63, 3.8) is 0 Å². The fraction of sp³-hybridized carbons (Fsp3) is 0.100.